The summed E-state index contributed by atoms with van der Waals surface area (Å²) >= 11 is 0. The lowest BCUT2D eigenvalue weighted by Crippen LogP contribution is -2.08. The van der Waals surface area contributed by atoms with Gasteiger partial charge in [0.2, 0.25) is 0 Å². The van der Waals surface area contributed by atoms with E-state index in [0.29, 0.717) is 11.5 Å². The number of rotatable bonds is 0. The summed E-state index contributed by atoms with van der Waals surface area (Å²) in [4.78, 5) is 10.0. The van der Waals surface area contributed by atoms with E-state index >= 15 is 0 Å². The number of phosphoric acid groups is 1. The number of fused-ring (bicyclic) bond motifs is 4. The first-order chi connectivity index (χ1) is 10.3. The SMILES string of the molecule is Cc1ccc2c(C)c1Cc1c(C)ccc(c1C)OP(=O)(O)O2. The van der Waals surface area contributed by atoms with Crippen LogP contribution in [0.3, 0.4) is 0 Å². The molecular weight excluding hydrogens is 299 g/mol. The zero-order chi connectivity index (χ0) is 16.1. The molecule has 22 heavy (non-hydrogen) atoms. The second-order valence-corrected chi connectivity index (χ2v) is 7.10. The lowest BCUT2D eigenvalue weighted by atomic mass is 9.91. The molecule has 5 heteroatoms. The summed E-state index contributed by atoms with van der Waals surface area (Å²) in [5.41, 5.74) is 6.30. The third-order valence-corrected chi connectivity index (χ3v) is 5.20. The van der Waals surface area contributed by atoms with Gasteiger partial charge in [0.1, 0.15) is 11.5 Å². The lowest BCUT2D eigenvalue weighted by Gasteiger charge is -2.23. The van der Waals surface area contributed by atoms with E-state index in [4.69, 9.17) is 9.05 Å². The molecule has 4 bridgehead atoms. The zero-order valence-corrected chi connectivity index (χ0v) is 14.0. The van der Waals surface area contributed by atoms with Crippen molar-refractivity contribution in [3.63, 3.8) is 0 Å². The van der Waals surface area contributed by atoms with Crippen LogP contribution < -0.4 is 9.05 Å². The largest absolute Gasteiger partial charge is 0.584 e. The first kappa shape index (κ1) is 15.1. The highest BCUT2D eigenvalue weighted by Gasteiger charge is 2.29. The van der Waals surface area contributed by atoms with Gasteiger partial charge in [0, 0.05) is 0 Å². The summed E-state index contributed by atoms with van der Waals surface area (Å²) in [5.74, 6) is 0.791. The molecule has 0 fully saturated rings. The molecule has 1 N–H and O–H groups in total. The van der Waals surface area contributed by atoms with Crippen LogP contribution >= 0.6 is 7.82 Å². The van der Waals surface area contributed by atoms with Crippen LogP contribution in [0.2, 0.25) is 0 Å². The smallest absolute Gasteiger partial charge is 0.395 e. The summed E-state index contributed by atoms with van der Waals surface area (Å²) in [5, 5.41) is 0. The van der Waals surface area contributed by atoms with Crippen LogP contribution in [0.4, 0.5) is 0 Å². The minimum atomic E-state index is -4.21. The van der Waals surface area contributed by atoms with Crippen molar-refractivity contribution in [2.24, 2.45) is 0 Å². The van der Waals surface area contributed by atoms with Gasteiger partial charge in [-0.2, -0.15) is 0 Å². The van der Waals surface area contributed by atoms with Crippen molar-refractivity contribution in [2.45, 2.75) is 34.1 Å². The maximum absolute atomic E-state index is 12.3. The average Bonchev–Trinajstić information content (AvgIpc) is 2.43. The van der Waals surface area contributed by atoms with E-state index in [0.717, 1.165) is 39.8 Å². The molecule has 1 aliphatic rings. The van der Waals surface area contributed by atoms with Crippen LogP contribution in [0, 0.1) is 27.7 Å². The molecule has 0 saturated carbocycles. The van der Waals surface area contributed by atoms with E-state index < -0.39 is 7.82 Å². The Labute approximate surface area is 130 Å². The van der Waals surface area contributed by atoms with Crippen molar-refractivity contribution in [3.05, 3.63) is 57.6 Å². The molecule has 2 aromatic carbocycles. The van der Waals surface area contributed by atoms with Crippen molar-refractivity contribution in [1.29, 1.82) is 0 Å². The van der Waals surface area contributed by atoms with E-state index in [-0.39, 0.29) is 0 Å². The van der Waals surface area contributed by atoms with E-state index in [9.17, 15) is 9.46 Å². The van der Waals surface area contributed by atoms with Crippen LogP contribution in [0.25, 0.3) is 0 Å². The minimum Gasteiger partial charge on any atom is -0.395 e. The Bertz CT molecular complexity index is 747. The molecule has 1 heterocycles. The molecule has 4 nitrogen and oxygen atoms in total. The average molecular weight is 318 g/mol. The van der Waals surface area contributed by atoms with Crippen LogP contribution in [0.15, 0.2) is 24.3 Å². The molecule has 0 atom stereocenters. The predicted molar refractivity (Wildman–Crippen MR) is 85.7 cm³/mol. The van der Waals surface area contributed by atoms with Crippen LogP contribution in [0.1, 0.15) is 33.4 Å². The van der Waals surface area contributed by atoms with Crippen molar-refractivity contribution >= 4 is 7.82 Å². The van der Waals surface area contributed by atoms with Gasteiger partial charge in [-0.15, -0.1) is 0 Å². The Balaban J connectivity index is 2.31. The fourth-order valence-corrected chi connectivity index (χ4v) is 3.86. The molecule has 0 radical (unpaired) electrons. The molecule has 1 aliphatic heterocycles. The molecule has 0 amide bonds. The zero-order valence-electron chi connectivity index (χ0n) is 13.1. The van der Waals surface area contributed by atoms with Gasteiger partial charge in [-0.25, -0.2) is 4.57 Å². The molecule has 0 spiro atoms. The highest BCUT2D eigenvalue weighted by atomic mass is 31.2. The molecule has 2 aromatic rings. The summed E-state index contributed by atoms with van der Waals surface area (Å²) in [6.45, 7) is 7.91. The summed E-state index contributed by atoms with van der Waals surface area (Å²) < 4.78 is 22.8. The number of hydrogen-bond acceptors (Lipinski definition) is 3. The van der Waals surface area contributed by atoms with E-state index in [1.165, 1.54) is 0 Å². The second kappa shape index (κ2) is 5.15. The van der Waals surface area contributed by atoms with Crippen LogP contribution in [-0.2, 0) is 11.0 Å². The summed E-state index contributed by atoms with van der Waals surface area (Å²) in [7, 11) is -4.21. The minimum absolute atomic E-state index is 0.395. The quantitative estimate of drug-likeness (QED) is 0.732. The standard InChI is InChI=1S/C17H19O4P/c1-10-5-7-16-12(3)14(10)9-15-11(2)6-8-17(13(15)4)21-22(18,19)20-16/h5-8H,9H2,1-4H3,(H,18,19). The van der Waals surface area contributed by atoms with Crippen molar-refractivity contribution < 1.29 is 18.5 Å². The Hall–Kier alpha value is -1.77. The molecule has 0 unspecified atom stereocenters. The van der Waals surface area contributed by atoms with Crippen molar-refractivity contribution in [2.75, 3.05) is 0 Å². The highest BCUT2D eigenvalue weighted by molar-refractivity contribution is 7.48. The lowest BCUT2D eigenvalue weighted by molar-refractivity contribution is 0.289. The van der Waals surface area contributed by atoms with Gasteiger partial charge < -0.3 is 9.05 Å². The highest BCUT2D eigenvalue weighted by Crippen LogP contribution is 2.48. The van der Waals surface area contributed by atoms with Crippen LogP contribution in [-0.4, -0.2) is 4.89 Å². The summed E-state index contributed by atoms with van der Waals surface area (Å²) in [6.07, 6.45) is 0.749. The fraction of sp³-hybridized carbons (Fsp3) is 0.294. The molecule has 0 aliphatic carbocycles. The number of hydrogen-bond donors (Lipinski definition) is 1. The van der Waals surface area contributed by atoms with Gasteiger partial charge in [0.05, 0.1) is 0 Å². The fourth-order valence-electron chi connectivity index (χ4n) is 2.93. The van der Waals surface area contributed by atoms with Gasteiger partial charge in [-0.1, -0.05) is 12.1 Å². The Kier molecular flexibility index (Phi) is 3.54. The predicted octanol–water partition coefficient (Wildman–Crippen LogP) is 4.38. The van der Waals surface area contributed by atoms with Gasteiger partial charge in [-0.05, 0) is 79.6 Å². The topological polar surface area (TPSA) is 55.8 Å². The second-order valence-electron chi connectivity index (χ2n) is 5.80. The Morgan fingerprint density at radius 1 is 0.864 bits per heavy atom. The first-order valence-electron chi connectivity index (χ1n) is 7.18. The first-order valence-corrected chi connectivity index (χ1v) is 8.68. The van der Waals surface area contributed by atoms with Crippen molar-refractivity contribution in [3.8, 4) is 11.5 Å². The molecule has 3 rings (SSSR count). The number of aryl methyl sites for hydroxylation is 2. The molecule has 0 aromatic heterocycles. The van der Waals surface area contributed by atoms with Gasteiger partial charge in [0.15, 0.2) is 0 Å². The van der Waals surface area contributed by atoms with E-state index in [2.05, 4.69) is 0 Å². The van der Waals surface area contributed by atoms with Crippen molar-refractivity contribution in [1.82, 2.24) is 0 Å². The van der Waals surface area contributed by atoms with E-state index in [1.54, 1.807) is 12.1 Å². The summed E-state index contributed by atoms with van der Waals surface area (Å²) in [6, 6.07) is 7.26. The van der Waals surface area contributed by atoms with Crippen LogP contribution in [0.5, 0.6) is 11.5 Å². The molecular formula is C17H19O4P. The van der Waals surface area contributed by atoms with Gasteiger partial charge in [0.25, 0.3) is 0 Å². The third-order valence-electron chi connectivity index (χ3n) is 4.35. The van der Waals surface area contributed by atoms with Gasteiger partial charge >= 0.3 is 7.82 Å². The maximum Gasteiger partial charge on any atom is 0.584 e. The number of phosphoric ester groups is 1. The normalized spacial score (nSPS) is 15.7. The Morgan fingerprint density at radius 2 is 1.27 bits per heavy atom. The maximum atomic E-state index is 12.3. The monoisotopic (exact) mass is 318 g/mol. The molecule has 116 valence electrons. The van der Waals surface area contributed by atoms with Gasteiger partial charge in [-0.3, -0.25) is 4.89 Å². The Morgan fingerprint density at radius 3 is 1.68 bits per heavy atom. The third kappa shape index (κ3) is 2.53. The number of benzene rings is 2. The molecule has 0 saturated heterocycles. The van der Waals surface area contributed by atoms with E-state index in [1.807, 2.05) is 39.8 Å².